The molecule has 2 nitrogen and oxygen atoms in total. The Morgan fingerprint density at radius 1 is 1.00 bits per heavy atom. The van der Waals surface area contributed by atoms with Crippen LogP contribution in [0, 0.1) is 5.41 Å². The van der Waals surface area contributed by atoms with Gasteiger partial charge in [0.1, 0.15) is 0 Å². The highest BCUT2D eigenvalue weighted by molar-refractivity contribution is 6.33. The molecule has 0 aromatic rings. The van der Waals surface area contributed by atoms with Crippen molar-refractivity contribution in [3.8, 4) is 0 Å². The first-order valence-corrected chi connectivity index (χ1v) is 9.59. The fraction of sp³-hybridized carbons (Fsp3) is 0.360. The van der Waals surface area contributed by atoms with Crippen LogP contribution in [-0.2, 0) is 9.59 Å². The highest BCUT2D eigenvalue weighted by Gasteiger charge is 2.26. The molecule has 0 saturated carbocycles. The van der Waals surface area contributed by atoms with Gasteiger partial charge in [0.05, 0.1) is 5.57 Å². The van der Waals surface area contributed by atoms with Crippen molar-refractivity contribution in [2.45, 2.75) is 53.9 Å². The van der Waals surface area contributed by atoms with Gasteiger partial charge in [-0.2, -0.15) is 0 Å². The van der Waals surface area contributed by atoms with Crippen LogP contribution in [0.25, 0.3) is 0 Å². The number of carbonyl (C=O) groups excluding carboxylic acids is 2. The largest absolute Gasteiger partial charge is 0.289 e. The first-order chi connectivity index (χ1) is 12.7. The summed E-state index contributed by atoms with van der Waals surface area (Å²) in [6, 6.07) is 0. The third-order valence-electron chi connectivity index (χ3n) is 5.20. The quantitative estimate of drug-likeness (QED) is 0.334. The van der Waals surface area contributed by atoms with E-state index in [1.165, 1.54) is 48.1 Å². The van der Waals surface area contributed by atoms with E-state index >= 15 is 0 Å². The molecule has 0 amide bonds. The Morgan fingerprint density at radius 3 is 2.26 bits per heavy atom. The number of carbonyl (C=O) groups is 2. The number of allylic oxidation sites excluding steroid dienone is 14. The van der Waals surface area contributed by atoms with Gasteiger partial charge in [-0.05, 0) is 69.2 Å². The van der Waals surface area contributed by atoms with Crippen LogP contribution >= 0.6 is 0 Å². The molecule has 0 N–H and O–H groups in total. The molecule has 2 aliphatic rings. The Hall–Kier alpha value is -2.48. The van der Waals surface area contributed by atoms with Crippen molar-refractivity contribution < 1.29 is 9.59 Å². The lowest BCUT2D eigenvalue weighted by Crippen LogP contribution is -2.19. The highest BCUT2D eigenvalue weighted by Crippen LogP contribution is 2.40. The molecule has 0 saturated heterocycles. The molecule has 2 rings (SSSR count). The zero-order chi connectivity index (χ0) is 20.0. The van der Waals surface area contributed by atoms with Gasteiger partial charge in [0, 0.05) is 0 Å². The molecule has 0 unspecified atom stereocenters. The van der Waals surface area contributed by atoms with E-state index in [1.54, 1.807) is 12.2 Å². The molecule has 2 heteroatoms. The summed E-state index contributed by atoms with van der Waals surface area (Å²) in [5.74, 6) is -0.437. The predicted octanol–water partition coefficient (Wildman–Crippen LogP) is 6.15. The molecule has 0 bridgehead atoms. The normalized spacial score (nSPS) is 21.3. The van der Waals surface area contributed by atoms with Crippen LogP contribution in [0.1, 0.15) is 53.9 Å². The van der Waals surface area contributed by atoms with E-state index < -0.39 is 0 Å². The molecule has 0 aromatic heterocycles. The number of ketones is 2. The Balaban J connectivity index is 2.02. The van der Waals surface area contributed by atoms with Crippen molar-refractivity contribution in [1.29, 1.82) is 0 Å². The standard InChI is InChI=1S/C25H30O2/c1-18(11-13-21-23(26)15-16-24(21)27)8-6-9-19(2)12-14-22-20(3)10-7-17-25(22,4)5/h6,8-9,11-16H,7,10,17H2,1-5H3/b8-6+,14-12+,18-11+,19-9+. The molecule has 142 valence electrons. The van der Waals surface area contributed by atoms with Crippen LogP contribution in [0.5, 0.6) is 0 Å². The lowest BCUT2D eigenvalue weighted by molar-refractivity contribution is -0.115. The van der Waals surface area contributed by atoms with Crippen LogP contribution in [0.4, 0.5) is 0 Å². The monoisotopic (exact) mass is 362 g/mol. The van der Waals surface area contributed by atoms with Gasteiger partial charge >= 0.3 is 0 Å². The van der Waals surface area contributed by atoms with Gasteiger partial charge in [-0.15, -0.1) is 0 Å². The average molecular weight is 363 g/mol. The Morgan fingerprint density at radius 2 is 1.63 bits per heavy atom. The van der Waals surface area contributed by atoms with Crippen LogP contribution in [0.3, 0.4) is 0 Å². The van der Waals surface area contributed by atoms with Gasteiger partial charge in [0.2, 0.25) is 0 Å². The Bertz CT molecular complexity index is 814. The maximum atomic E-state index is 11.5. The SMILES string of the molecule is CC1=C(/C=C/C(C)=C/C=C/C(C)=C/C=C2C(=O)C=CC2=O)C(C)(C)CCC1. The third-order valence-corrected chi connectivity index (χ3v) is 5.20. The fourth-order valence-corrected chi connectivity index (χ4v) is 3.52. The Kier molecular flexibility index (Phi) is 6.90. The van der Waals surface area contributed by atoms with E-state index in [0.717, 1.165) is 5.57 Å². The van der Waals surface area contributed by atoms with E-state index in [0.29, 0.717) is 0 Å². The highest BCUT2D eigenvalue weighted by atomic mass is 16.2. The molecule has 0 radical (unpaired) electrons. The van der Waals surface area contributed by atoms with Crippen LogP contribution < -0.4 is 0 Å². The predicted molar refractivity (Wildman–Crippen MR) is 113 cm³/mol. The van der Waals surface area contributed by atoms with Crippen molar-refractivity contribution in [3.63, 3.8) is 0 Å². The summed E-state index contributed by atoms with van der Waals surface area (Å²) < 4.78 is 0. The maximum absolute atomic E-state index is 11.5. The van der Waals surface area contributed by atoms with Gasteiger partial charge < -0.3 is 0 Å². The van der Waals surface area contributed by atoms with Crippen molar-refractivity contribution in [1.82, 2.24) is 0 Å². The van der Waals surface area contributed by atoms with E-state index in [1.807, 2.05) is 19.1 Å². The van der Waals surface area contributed by atoms with Crippen molar-refractivity contribution in [2.24, 2.45) is 5.41 Å². The molecule has 0 aliphatic heterocycles. The van der Waals surface area contributed by atoms with Crippen molar-refractivity contribution >= 4 is 11.6 Å². The minimum atomic E-state index is -0.218. The minimum Gasteiger partial charge on any atom is -0.289 e. The molecule has 0 spiro atoms. The van der Waals surface area contributed by atoms with E-state index in [-0.39, 0.29) is 22.6 Å². The number of hydrogen-bond donors (Lipinski definition) is 0. The molecular formula is C25H30O2. The van der Waals surface area contributed by atoms with Crippen molar-refractivity contribution in [3.05, 3.63) is 82.5 Å². The topological polar surface area (TPSA) is 34.1 Å². The summed E-state index contributed by atoms with van der Waals surface area (Å²) in [4.78, 5) is 23.1. The van der Waals surface area contributed by atoms with E-state index in [2.05, 4.69) is 45.9 Å². The lowest BCUT2D eigenvalue weighted by Gasteiger charge is -2.32. The van der Waals surface area contributed by atoms with Gasteiger partial charge in [0.25, 0.3) is 0 Å². The van der Waals surface area contributed by atoms with Crippen molar-refractivity contribution in [2.75, 3.05) is 0 Å². The molecule has 27 heavy (non-hydrogen) atoms. The lowest BCUT2D eigenvalue weighted by atomic mass is 9.72. The second kappa shape index (κ2) is 8.94. The van der Waals surface area contributed by atoms with Gasteiger partial charge in [0.15, 0.2) is 11.6 Å². The number of hydrogen-bond acceptors (Lipinski definition) is 2. The molecule has 0 aromatic carbocycles. The third kappa shape index (κ3) is 5.75. The maximum Gasteiger partial charge on any atom is 0.189 e. The summed E-state index contributed by atoms with van der Waals surface area (Å²) in [5.41, 5.74) is 5.62. The molecule has 2 aliphatic carbocycles. The Labute approximate surface area is 163 Å². The molecule has 0 fully saturated rings. The first kappa shape index (κ1) is 20.8. The molecule has 0 atom stereocenters. The zero-order valence-electron chi connectivity index (χ0n) is 17.1. The molecule has 0 heterocycles. The summed E-state index contributed by atoms with van der Waals surface area (Å²) in [7, 11) is 0. The van der Waals surface area contributed by atoms with Crippen LogP contribution in [-0.4, -0.2) is 11.6 Å². The summed E-state index contributed by atoms with van der Waals surface area (Å²) in [6.45, 7) is 10.9. The summed E-state index contributed by atoms with van der Waals surface area (Å²) in [6.07, 6.45) is 20.2. The average Bonchev–Trinajstić information content (AvgIpc) is 2.90. The zero-order valence-corrected chi connectivity index (χ0v) is 17.1. The number of rotatable bonds is 5. The second-order valence-corrected chi connectivity index (χ2v) is 8.09. The smallest absolute Gasteiger partial charge is 0.189 e. The van der Waals surface area contributed by atoms with Gasteiger partial charge in [-0.3, -0.25) is 9.59 Å². The fourth-order valence-electron chi connectivity index (χ4n) is 3.52. The van der Waals surface area contributed by atoms with E-state index in [4.69, 9.17) is 0 Å². The van der Waals surface area contributed by atoms with Crippen LogP contribution in [0.2, 0.25) is 0 Å². The summed E-state index contributed by atoms with van der Waals surface area (Å²) in [5, 5.41) is 0. The van der Waals surface area contributed by atoms with Gasteiger partial charge in [-0.1, -0.05) is 67.0 Å². The minimum absolute atomic E-state index is 0.218. The second-order valence-electron chi connectivity index (χ2n) is 8.09. The summed E-state index contributed by atoms with van der Waals surface area (Å²) >= 11 is 0. The van der Waals surface area contributed by atoms with Crippen LogP contribution in [0.15, 0.2) is 82.5 Å². The van der Waals surface area contributed by atoms with E-state index in [9.17, 15) is 9.59 Å². The molecular weight excluding hydrogens is 332 g/mol. The van der Waals surface area contributed by atoms with Gasteiger partial charge in [-0.25, -0.2) is 0 Å². The first-order valence-electron chi connectivity index (χ1n) is 9.59.